The average Bonchev–Trinajstić information content (AvgIpc) is 2.68. The molecule has 0 aliphatic carbocycles. The van der Waals surface area contributed by atoms with E-state index in [1.807, 2.05) is 0 Å². The topological polar surface area (TPSA) is 43.6 Å². The second-order valence-electron chi connectivity index (χ2n) is 4.83. The zero-order valence-electron chi connectivity index (χ0n) is 11.1. The van der Waals surface area contributed by atoms with Crippen LogP contribution in [0.2, 0.25) is 0 Å². The fourth-order valence-electron chi connectivity index (χ4n) is 2.10. The molecule has 5 heteroatoms. The van der Waals surface area contributed by atoms with Gasteiger partial charge in [0.05, 0.1) is 6.20 Å². The predicted molar refractivity (Wildman–Crippen MR) is 76.6 cm³/mol. The van der Waals surface area contributed by atoms with Crippen LogP contribution in [0.15, 0.2) is 10.9 Å². The van der Waals surface area contributed by atoms with Crippen molar-refractivity contribution in [1.82, 2.24) is 19.5 Å². The Bertz CT molecular complexity index is 533. The first-order valence-electron chi connectivity index (χ1n) is 6.52. The Balaban J connectivity index is 2.43. The number of fused-ring (bicyclic) bond motifs is 1. The van der Waals surface area contributed by atoms with Crippen LogP contribution in [0.25, 0.3) is 11.2 Å². The van der Waals surface area contributed by atoms with Crippen molar-refractivity contribution in [3.05, 3.63) is 16.8 Å². The van der Waals surface area contributed by atoms with Crippen molar-refractivity contribution in [2.24, 2.45) is 0 Å². The van der Waals surface area contributed by atoms with Crippen molar-refractivity contribution in [1.29, 1.82) is 0 Å². The molecule has 0 spiro atoms. The molecule has 0 fully saturated rings. The van der Waals surface area contributed by atoms with Gasteiger partial charge in [0.25, 0.3) is 0 Å². The fourth-order valence-corrected chi connectivity index (χ4v) is 2.37. The van der Waals surface area contributed by atoms with Crippen LogP contribution in [0.5, 0.6) is 0 Å². The number of nitrogens with zero attached hydrogens (tertiary/aromatic N) is 4. The standard InChI is InChI=1S/C13H19BrN4/c1-4-5-6-7-18-11(9(2)3)16-10-8-15-13(14)17-12(10)18/h8-9H,4-7H2,1-3H3. The van der Waals surface area contributed by atoms with Crippen molar-refractivity contribution in [2.45, 2.75) is 52.5 Å². The molecule has 0 radical (unpaired) electrons. The van der Waals surface area contributed by atoms with Gasteiger partial charge in [0.15, 0.2) is 10.4 Å². The Labute approximate surface area is 116 Å². The number of aryl methyl sites for hydroxylation is 1. The van der Waals surface area contributed by atoms with E-state index >= 15 is 0 Å². The molecule has 2 heterocycles. The molecule has 0 aliphatic rings. The maximum Gasteiger partial charge on any atom is 0.198 e. The lowest BCUT2D eigenvalue weighted by Gasteiger charge is -2.10. The summed E-state index contributed by atoms with van der Waals surface area (Å²) in [7, 11) is 0. The van der Waals surface area contributed by atoms with E-state index in [9.17, 15) is 0 Å². The molecule has 2 aromatic heterocycles. The van der Waals surface area contributed by atoms with Crippen molar-refractivity contribution in [3.63, 3.8) is 0 Å². The van der Waals surface area contributed by atoms with Crippen molar-refractivity contribution < 1.29 is 0 Å². The lowest BCUT2D eigenvalue weighted by Crippen LogP contribution is -2.06. The Kier molecular flexibility index (Phi) is 4.32. The van der Waals surface area contributed by atoms with Gasteiger partial charge in [0, 0.05) is 12.5 Å². The molecule has 0 saturated heterocycles. The summed E-state index contributed by atoms with van der Waals surface area (Å²) >= 11 is 3.33. The molecule has 0 atom stereocenters. The summed E-state index contributed by atoms with van der Waals surface area (Å²) in [5.41, 5.74) is 1.83. The summed E-state index contributed by atoms with van der Waals surface area (Å²) in [6.07, 6.45) is 5.42. The van der Waals surface area contributed by atoms with Crippen molar-refractivity contribution in [2.75, 3.05) is 0 Å². The molecule has 0 N–H and O–H groups in total. The molecule has 4 nitrogen and oxygen atoms in total. The monoisotopic (exact) mass is 310 g/mol. The number of hydrogen-bond acceptors (Lipinski definition) is 3. The molecular formula is C13H19BrN4. The molecule has 0 bridgehead atoms. The number of rotatable bonds is 5. The van der Waals surface area contributed by atoms with Crippen molar-refractivity contribution >= 4 is 27.1 Å². The SMILES string of the molecule is CCCCCn1c(C(C)C)nc2cnc(Br)nc21. The zero-order valence-corrected chi connectivity index (χ0v) is 12.7. The van der Waals surface area contributed by atoms with Gasteiger partial charge in [0.2, 0.25) is 0 Å². The minimum atomic E-state index is 0.402. The van der Waals surface area contributed by atoms with Crippen LogP contribution in [0, 0.1) is 0 Å². The van der Waals surface area contributed by atoms with E-state index in [0.717, 1.165) is 23.5 Å². The van der Waals surface area contributed by atoms with Crippen LogP contribution in [0.1, 0.15) is 51.8 Å². The molecule has 0 aliphatic heterocycles. The second kappa shape index (κ2) is 5.78. The first-order valence-corrected chi connectivity index (χ1v) is 7.31. The Morgan fingerprint density at radius 2 is 2.06 bits per heavy atom. The fraction of sp³-hybridized carbons (Fsp3) is 0.615. The van der Waals surface area contributed by atoms with Gasteiger partial charge in [-0.15, -0.1) is 0 Å². The Hall–Kier alpha value is -0.970. The number of imidazole rings is 1. The number of unbranched alkanes of at least 4 members (excludes halogenated alkanes) is 2. The maximum absolute atomic E-state index is 4.65. The molecule has 0 unspecified atom stereocenters. The van der Waals surface area contributed by atoms with Gasteiger partial charge in [-0.25, -0.2) is 15.0 Å². The summed E-state index contributed by atoms with van der Waals surface area (Å²) in [5.74, 6) is 1.51. The molecule has 98 valence electrons. The molecule has 0 aromatic carbocycles. The van der Waals surface area contributed by atoms with Gasteiger partial charge in [-0.05, 0) is 22.4 Å². The summed E-state index contributed by atoms with van der Waals surface area (Å²) in [6.45, 7) is 7.54. The van der Waals surface area contributed by atoms with Gasteiger partial charge in [-0.1, -0.05) is 33.6 Å². The minimum absolute atomic E-state index is 0.402. The summed E-state index contributed by atoms with van der Waals surface area (Å²) in [4.78, 5) is 13.3. The highest BCUT2D eigenvalue weighted by molar-refractivity contribution is 9.10. The largest absolute Gasteiger partial charge is 0.312 e. The van der Waals surface area contributed by atoms with Gasteiger partial charge in [-0.3, -0.25) is 0 Å². The van der Waals surface area contributed by atoms with Crippen molar-refractivity contribution in [3.8, 4) is 0 Å². The van der Waals surface area contributed by atoms with Gasteiger partial charge in [-0.2, -0.15) is 0 Å². The lowest BCUT2D eigenvalue weighted by atomic mass is 10.2. The first kappa shape index (κ1) is 13.5. The average molecular weight is 311 g/mol. The maximum atomic E-state index is 4.65. The van der Waals surface area contributed by atoms with Crippen LogP contribution in [-0.4, -0.2) is 19.5 Å². The number of aromatic nitrogens is 4. The highest BCUT2D eigenvalue weighted by Gasteiger charge is 2.14. The van der Waals surface area contributed by atoms with E-state index in [-0.39, 0.29) is 0 Å². The minimum Gasteiger partial charge on any atom is -0.312 e. The van der Waals surface area contributed by atoms with E-state index in [0.29, 0.717) is 10.7 Å². The molecule has 2 aromatic rings. The van der Waals surface area contributed by atoms with E-state index in [1.54, 1.807) is 6.20 Å². The molecule has 2 rings (SSSR count). The first-order chi connectivity index (χ1) is 8.63. The molecule has 0 amide bonds. The third-order valence-electron chi connectivity index (χ3n) is 2.99. The van der Waals surface area contributed by atoms with Crippen LogP contribution < -0.4 is 0 Å². The molecule has 0 saturated carbocycles. The van der Waals surface area contributed by atoms with Crippen LogP contribution in [0.3, 0.4) is 0 Å². The van der Waals surface area contributed by atoms with Gasteiger partial charge >= 0.3 is 0 Å². The zero-order chi connectivity index (χ0) is 13.1. The molecule has 18 heavy (non-hydrogen) atoms. The smallest absolute Gasteiger partial charge is 0.198 e. The quantitative estimate of drug-likeness (QED) is 0.621. The number of hydrogen-bond donors (Lipinski definition) is 0. The Morgan fingerprint density at radius 1 is 1.28 bits per heavy atom. The van der Waals surface area contributed by atoms with Gasteiger partial charge < -0.3 is 4.57 Å². The Morgan fingerprint density at radius 3 is 2.72 bits per heavy atom. The highest BCUT2D eigenvalue weighted by Crippen LogP contribution is 2.21. The van der Waals surface area contributed by atoms with Gasteiger partial charge in [0.1, 0.15) is 11.3 Å². The summed E-state index contributed by atoms with van der Waals surface area (Å²) in [6, 6.07) is 0. The second-order valence-corrected chi connectivity index (χ2v) is 5.54. The summed E-state index contributed by atoms with van der Waals surface area (Å²) in [5, 5.41) is 0. The van der Waals surface area contributed by atoms with Crippen LogP contribution in [-0.2, 0) is 6.54 Å². The highest BCUT2D eigenvalue weighted by atomic mass is 79.9. The van der Waals surface area contributed by atoms with E-state index in [1.165, 1.54) is 19.3 Å². The predicted octanol–water partition coefficient (Wildman–Crippen LogP) is 3.90. The lowest BCUT2D eigenvalue weighted by molar-refractivity contribution is 0.573. The summed E-state index contributed by atoms with van der Waals surface area (Å²) < 4.78 is 2.86. The van der Waals surface area contributed by atoms with E-state index in [4.69, 9.17) is 0 Å². The third kappa shape index (κ3) is 2.71. The van der Waals surface area contributed by atoms with Crippen LogP contribution >= 0.6 is 15.9 Å². The van der Waals surface area contributed by atoms with Crippen LogP contribution in [0.4, 0.5) is 0 Å². The normalized spacial score (nSPS) is 11.6. The third-order valence-corrected chi connectivity index (χ3v) is 3.37. The van der Waals surface area contributed by atoms with E-state index in [2.05, 4.69) is 56.2 Å². The molecular weight excluding hydrogens is 292 g/mol. The number of halogens is 1. The van der Waals surface area contributed by atoms with E-state index < -0.39 is 0 Å².